The number of nitrogens with one attached hydrogen (secondary N) is 1. The van der Waals surface area contributed by atoms with Gasteiger partial charge in [-0.2, -0.15) is 0 Å². The van der Waals surface area contributed by atoms with E-state index in [-0.39, 0.29) is 12.1 Å². The van der Waals surface area contributed by atoms with Crippen LogP contribution in [0.5, 0.6) is 0 Å². The van der Waals surface area contributed by atoms with E-state index in [1.54, 1.807) is 0 Å². The smallest absolute Gasteiger partial charge is 0.339 e. The van der Waals surface area contributed by atoms with E-state index in [1.165, 1.54) is 6.92 Å². The summed E-state index contributed by atoms with van der Waals surface area (Å²) in [4.78, 5) is 10.9. The average molecular weight is 291 g/mol. The monoisotopic (exact) mass is 291 g/mol. The van der Waals surface area contributed by atoms with Crippen molar-refractivity contribution in [3.05, 3.63) is 29.6 Å². The van der Waals surface area contributed by atoms with Gasteiger partial charge < -0.3 is 9.84 Å². The molecule has 2 N–H and O–H groups in total. The number of carbonyl (C=O) groups excluding carboxylic acids is 1. The third-order valence-corrected chi connectivity index (χ3v) is 3.67. The van der Waals surface area contributed by atoms with Gasteiger partial charge in [-0.25, -0.2) is 22.3 Å². The fraction of sp³-hybridized carbons (Fsp3) is 0.364. The second-order valence-corrected chi connectivity index (χ2v) is 5.57. The van der Waals surface area contributed by atoms with E-state index in [4.69, 9.17) is 5.11 Å². The summed E-state index contributed by atoms with van der Waals surface area (Å²) in [6.07, 6.45) is -0.912. The van der Waals surface area contributed by atoms with E-state index in [0.29, 0.717) is 0 Å². The molecule has 0 heterocycles. The molecule has 1 aromatic carbocycles. The number of benzene rings is 1. The van der Waals surface area contributed by atoms with Crippen LogP contribution in [0, 0.1) is 5.82 Å². The Morgan fingerprint density at radius 3 is 2.68 bits per heavy atom. The van der Waals surface area contributed by atoms with Crippen LogP contribution >= 0.6 is 0 Å². The number of carbonyl (C=O) groups is 1. The third-order valence-electron chi connectivity index (χ3n) is 2.21. The molecule has 0 aliphatic heterocycles. The number of rotatable bonds is 5. The number of hydrogen-bond acceptors (Lipinski definition) is 5. The summed E-state index contributed by atoms with van der Waals surface area (Å²) in [5, 5.41) is 9.05. The number of ether oxygens (including phenoxy) is 1. The summed E-state index contributed by atoms with van der Waals surface area (Å²) in [6, 6.07) is 2.70. The van der Waals surface area contributed by atoms with E-state index < -0.39 is 32.8 Å². The lowest BCUT2D eigenvalue weighted by Crippen LogP contribution is -2.31. The van der Waals surface area contributed by atoms with Crippen LogP contribution in [-0.4, -0.2) is 39.3 Å². The van der Waals surface area contributed by atoms with Crippen LogP contribution < -0.4 is 4.72 Å². The van der Waals surface area contributed by atoms with E-state index in [2.05, 4.69) is 9.46 Å². The van der Waals surface area contributed by atoms with Crippen LogP contribution in [0.15, 0.2) is 23.1 Å². The van der Waals surface area contributed by atoms with Gasteiger partial charge in [-0.3, -0.25) is 0 Å². The van der Waals surface area contributed by atoms with Crippen molar-refractivity contribution in [1.29, 1.82) is 0 Å². The molecule has 0 bridgehead atoms. The molecule has 6 nitrogen and oxygen atoms in total. The van der Waals surface area contributed by atoms with Gasteiger partial charge in [0.2, 0.25) is 10.0 Å². The predicted molar refractivity (Wildman–Crippen MR) is 64.6 cm³/mol. The van der Waals surface area contributed by atoms with Gasteiger partial charge in [0.1, 0.15) is 5.82 Å². The highest BCUT2D eigenvalue weighted by atomic mass is 32.2. The molecule has 8 heteroatoms. The molecule has 0 unspecified atom stereocenters. The molecule has 0 spiro atoms. The first kappa shape index (κ1) is 15.5. The van der Waals surface area contributed by atoms with Gasteiger partial charge in [-0.1, -0.05) is 0 Å². The zero-order chi connectivity index (χ0) is 14.6. The number of methoxy groups -OCH3 is 1. The molecule has 0 saturated heterocycles. The third kappa shape index (κ3) is 3.98. The fourth-order valence-corrected chi connectivity index (χ4v) is 2.63. The number of aliphatic hydroxyl groups is 1. The summed E-state index contributed by atoms with van der Waals surface area (Å²) in [6.45, 7) is 1.13. The van der Waals surface area contributed by atoms with Crippen molar-refractivity contribution in [2.24, 2.45) is 0 Å². The Kier molecular flexibility index (Phi) is 4.98. The van der Waals surface area contributed by atoms with Crippen molar-refractivity contribution in [3.8, 4) is 0 Å². The maximum Gasteiger partial charge on any atom is 0.339 e. The summed E-state index contributed by atoms with van der Waals surface area (Å²) in [5.41, 5.74) is -0.276. The number of esters is 1. The lowest BCUT2D eigenvalue weighted by Gasteiger charge is -2.11. The van der Waals surface area contributed by atoms with Crippen molar-refractivity contribution in [1.82, 2.24) is 4.72 Å². The van der Waals surface area contributed by atoms with Gasteiger partial charge in [0.15, 0.2) is 0 Å². The van der Waals surface area contributed by atoms with E-state index >= 15 is 0 Å². The first-order valence-corrected chi connectivity index (χ1v) is 6.82. The SMILES string of the molecule is COC(=O)c1ccc(F)cc1S(=O)(=O)NC[C@@H](C)O. The minimum absolute atomic E-state index is 0.251. The lowest BCUT2D eigenvalue weighted by molar-refractivity contribution is 0.0596. The molecule has 0 aliphatic rings. The lowest BCUT2D eigenvalue weighted by atomic mass is 10.2. The fourth-order valence-electron chi connectivity index (χ4n) is 1.31. The van der Waals surface area contributed by atoms with Crippen LogP contribution in [0.1, 0.15) is 17.3 Å². The quantitative estimate of drug-likeness (QED) is 0.760. The first-order chi connectivity index (χ1) is 8.77. The molecule has 0 radical (unpaired) electrons. The van der Waals surface area contributed by atoms with Crippen LogP contribution in [0.25, 0.3) is 0 Å². The normalized spacial score (nSPS) is 13.1. The Morgan fingerprint density at radius 2 is 2.16 bits per heavy atom. The van der Waals surface area contributed by atoms with Crippen molar-refractivity contribution in [3.63, 3.8) is 0 Å². The molecule has 1 aromatic rings. The van der Waals surface area contributed by atoms with Gasteiger partial charge in [-0.05, 0) is 25.1 Å². The first-order valence-electron chi connectivity index (χ1n) is 5.33. The Morgan fingerprint density at radius 1 is 1.53 bits per heavy atom. The minimum atomic E-state index is -4.11. The molecule has 0 aromatic heterocycles. The molecule has 0 aliphatic carbocycles. The molecule has 0 saturated carbocycles. The standard InChI is InChI=1S/C11H14FNO5S/c1-7(14)6-13-19(16,17)10-5-8(12)3-4-9(10)11(15)18-2/h3-5,7,13-14H,6H2,1-2H3/t7-/m1/s1. The maximum absolute atomic E-state index is 13.2. The summed E-state index contributed by atoms with van der Waals surface area (Å²) < 4.78 is 43.5. The molecule has 106 valence electrons. The molecule has 19 heavy (non-hydrogen) atoms. The van der Waals surface area contributed by atoms with Crippen LogP contribution in [0.4, 0.5) is 4.39 Å². The largest absolute Gasteiger partial charge is 0.465 e. The van der Waals surface area contributed by atoms with Crippen LogP contribution in [-0.2, 0) is 14.8 Å². The Hall–Kier alpha value is -1.51. The summed E-state index contributed by atoms with van der Waals surface area (Å²) in [5.74, 6) is -1.69. The molecule has 0 fully saturated rings. The number of halogens is 1. The second kappa shape index (κ2) is 6.09. The zero-order valence-corrected chi connectivity index (χ0v) is 11.2. The van der Waals surface area contributed by atoms with E-state index in [0.717, 1.165) is 25.3 Å². The molecule has 1 atom stereocenters. The predicted octanol–water partition coefficient (Wildman–Crippen LogP) is 0.271. The molecule has 1 rings (SSSR count). The molecular formula is C11H14FNO5S. The van der Waals surface area contributed by atoms with Crippen molar-refractivity contribution < 1.29 is 27.4 Å². The highest BCUT2D eigenvalue weighted by molar-refractivity contribution is 7.89. The van der Waals surface area contributed by atoms with Crippen LogP contribution in [0.3, 0.4) is 0 Å². The summed E-state index contributed by atoms with van der Waals surface area (Å²) >= 11 is 0. The number of sulfonamides is 1. The maximum atomic E-state index is 13.2. The van der Waals surface area contributed by atoms with Crippen molar-refractivity contribution in [2.75, 3.05) is 13.7 Å². The number of aliphatic hydroxyl groups excluding tert-OH is 1. The minimum Gasteiger partial charge on any atom is -0.465 e. The van der Waals surface area contributed by atoms with Crippen LogP contribution in [0.2, 0.25) is 0 Å². The van der Waals surface area contributed by atoms with Crippen molar-refractivity contribution >= 4 is 16.0 Å². The van der Waals surface area contributed by atoms with Gasteiger partial charge in [-0.15, -0.1) is 0 Å². The topological polar surface area (TPSA) is 92.7 Å². The van der Waals surface area contributed by atoms with Gasteiger partial charge in [0, 0.05) is 6.54 Å². The Balaban J connectivity index is 3.24. The Labute approximate surface area is 110 Å². The summed E-state index contributed by atoms with van der Waals surface area (Å²) in [7, 11) is -3.03. The number of hydrogen-bond donors (Lipinski definition) is 2. The van der Waals surface area contributed by atoms with E-state index in [1.807, 2.05) is 0 Å². The second-order valence-electron chi connectivity index (χ2n) is 3.83. The van der Waals surface area contributed by atoms with Gasteiger partial charge in [0.25, 0.3) is 0 Å². The zero-order valence-electron chi connectivity index (χ0n) is 10.4. The molecular weight excluding hydrogens is 277 g/mol. The highest BCUT2D eigenvalue weighted by Gasteiger charge is 2.23. The highest BCUT2D eigenvalue weighted by Crippen LogP contribution is 2.18. The van der Waals surface area contributed by atoms with Gasteiger partial charge in [0.05, 0.1) is 23.7 Å². The average Bonchev–Trinajstić information content (AvgIpc) is 2.35. The van der Waals surface area contributed by atoms with Crippen molar-refractivity contribution in [2.45, 2.75) is 17.9 Å². The Bertz CT molecular complexity index is 570. The van der Waals surface area contributed by atoms with E-state index in [9.17, 15) is 17.6 Å². The molecule has 0 amide bonds. The van der Waals surface area contributed by atoms with Gasteiger partial charge >= 0.3 is 5.97 Å².